The van der Waals surface area contributed by atoms with Crippen LogP contribution in [0.5, 0.6) is 11.5 Å². The highest BCUT2D eigenvalue weighted by Gasteiger charge is 2.37. The minimum absolute atomic E-state index is 0.0122. The van der Waals surface area contributed by atoms with E-state index >= 15 is 0 Å². The molecule has 0 amide bonds. The Morgan fingerprint density at radius 3 is 2.52 bits per heavy atom. The van der Waals surface area contributed by atoms with Crippen molar-refractivity contribution < 1.29 is 9.47 Å². The van der Waals surface area contributed by atoms with Gasteiger partial charge >= 0.3 is 0 Å². The fraction of sp³-hybridized carbons (Fsp3) is 0.391. The Hall–Kier alpha value is -2.86. The van der Waals surface area contributed by atoms with Crippen molar-refractivity contribution in [3.8, 4) is 11.5 Å². The molecule has 0 unspecified atom stereocenters. The lowest BCUT2D eigenvalue weighted by molar-refractivity contribution is 0.180. The minimum Gasteiger partial charge on any atom is -0.493 e. The van der Waals surface area contributed by atoms with E-state index in [1.54, 1.807) is 26.4 Å². The summed E-state index contributed by atoms with van der Waals surface area (Å²) in [6.45, 7) is 1.61. The molecule has 5 rings (SSSR count). The average Bonchev–Trinajstić information content (AvgIpc) is 3.03. The van der Waals surface area contributed by atoms with Crippen molar-refractivity contribution in [2.45, 2.75) is 44.4 Å². The second kappa shape index (κ2) is 7.19. The van der Waals surface area contributed by atoms with Crippen LogP contribution in [0.3, 0.4) is 0 Å². The number of rotatable bonds is 4. The summed E-state index contributed by atoms with van der Waals surface area (Å²) < 4.78 is 12.7. The van der Waals surface area contributed by atoms with Gasteiger partial charge in [-0.05, 0) is 24.5 Å². The third-order valence-corrected chi connectivity index (χ3v) is 6.33. The number of benzene rings is 2. The van der Waals surface area contributed by atoms with Gasteiger partial charge < -0.3 is 9.47 Å². The number of nitrogens with zero attached hydrogens (tertiary/aromatic N) is 3. The molecule has 0 radical (unpaired) electrons. The normalized spacial score (nSPS) is 21.0. The Morgan fingerprint density at radius 2 is 1.76 bits per heavy atom. The summed E-state index contributed by atoms with van der Waals surface area (Å²) in [5, 5.41) is 0.582. The topological polar surface area (TPSA) is 56.6 Å². The van der Waals surface area contributed by atoms with E-state index in [1.807, 2.05) is 10.6 Å². The highest BCUT2D eigenvalue weighted by molar-refractivity contribution is 5.82. The smallest absolute Gasteiger partial charge is 0.261 e. The van der Waals surface area contributed by atoms with Crippen LogP contribution in [0, 0.1) is 0 Å². The van der Waals surface area contributed by atoms with Crippen LogP contribution in [-0.4, -0.2) is 40.8 Å². The first-order valence-electron chi connectivity index (χ1n) is 10.1. The van der Waals surface area contributed by atoms with Crippen LogP contribution in [0.25, 0.3) is 10.9 Å². The molecule has 2 aromatic carbocycles. The van der Waals surface area contributed by atoms with Gasteiger partial charge in [0.15, 0.2) is 11.5 Å². The maximum Gasteiger partial charge on any atom is 0.261 e. The molecule has 1 fully saturated rings. The van der Waals surface area contributed by atoms with Crippen molar-refractivity contribution in [2.24, 2.45) is 0 Å². The lowest BCUT2D eigenvalue weighted by atomic mass is 10.1. The lowest BCUT2D eigenvalue weighted by Gasteiger charge is -2.27. The first-order chi connectivity index (χ1) is 14.2. The Bertz CT molecular complexity index is 1110. The lowest BCUT2D eigenvalue weighted by Crippen LogP contribution is -2.37. The van der Waals surface area contributed by atoms with Crippen LogP contribution in [0.15, 0.2) is 47.3 Å². The van der Waals surface area contributed by atoms with Crippen molar-refractivity contribution in [3.63, 3.8) is 0 Å². The van der Waals surface area contributed by atoms with Crippen molar-refractivity contribution in [1.82, 2.24) is 14.5 Å². The largest absolute Gasteiger partial charge is 0.493 e. The molecular formula is C23H25N3O3. The molecule has 0 N–H and O–H groups in total. The van der Waals surface area contributed by atoms with Gasteiger partial charge in [0, 0.05) is 37.7 Å². The molecule has 150 valence electrons. The quantitative estimate of drug-likeness (QED) is 0.684. The van der Waals surface area contributed by atoms with Crippen molar-refractivity contribution in [2.75, 3.05) is 14.2 Å². The van der Waals surface area contributed by atoms with E-state index in [-0.39, 0.29) is 5.56 Å². The molecular weight excluding hydrogens is 366 g/mol. The molecule has 2 bridgehead atoms. The van der Waals surface area contributed by atoms with Crippen LogP contribution >= 0.6 is 0 Å². The Kier molecular flexibility index (Phi) is 4.51. The summed E-state index contributed by atoms with van der Waals surface area (Å²) in [5.74, 6) is 2.03. The Morgan fingerprint density at radius 1 is 1.03 bits per heavy atom. The van der Waals surface area contributed by atoms with Gasteiger partial charge in [0.05, 0.1) is 25.1 Å². The molecule has 1 saturated heterocycles. The SMILES string of the molecule is COc1cc2nc3n(c(=O)c2cc1OC)C[C@H]1CC[C@@H](C3)N1Cc1ccccc1. The van der Waals surface area contributed by atoms with Gasteiger partial charge in [-0.1, -0.05) is 30.3 Å². The molecule has 0 aliphatic carbocycles. The predicted molar refractivity (Wildman–Crippen MR) is 112 cm³/mol. The van der Waals surface area contributed by atoms with Gasteiger partial charge in [-0.15, -0.1) is 0 Å². The van der Waals surface area contributed by atoms with Gasteiger partial charge in [0.2, 0.25) is 0 Å². The molecule has 0 spiro atoms. The van der Waals surface area contributed by atoms with Crippen LogP contribution in [0.2, 0.25) is 0 Å². The first kappa shape index (κ1) is 18.2. The van der Waals surface area contributed by atoms with E-state index in [0.717, 1.165) is 31.6 Å². The number of aromatic nitrogens is 2. The Labute approximate surface area is 169 Å². The molecule has 2 atom stereocenters. The van der Waals surface area contributed by atoms with E-state index in [0.29, 0.717) is 41.0 Å². The second-order valence-corrected chi connectivity index (χ2v) is 7.92. The second-order valence-electron chi connectivity index (χ2n) is 7.92. The van der Waals surface area contributed by atoms with Crippen LogP contribution in [-0.2, 0) is 19.5 Å². The summed E-state index contributed by atoms with van der Waals surface area (Å²) in [6, 6.07) is 14.9. The van der Waals surface area contributed by atoms with Crippen LogP contribution in [0.4, 0.5) is 0 Å². The minimum atomic E-state index is 0.0122. The molecule has 2 aliphatic heterocycles. The fourth-order valence-corrected chi connectivity index (χ4v) is 4.84. The number of methoxy groups -OCH3 is 2. The summed E-state index contributed by atoms with van der Waals surface area (Å²) in [4.78, 5) is 20.8. The van der Waals surface area contributed by atoms with E-state index in [1.165, 1.54) is 5.56 Å². The van der Waals surface area contributed by atoms with Gasteiger partial charge in [-0.25, -0.2) is 4.98 Å². The number of hydrogen-bond acceptors (Lipinski definition) is 5. The maximum atomic E-state index is 13.3. The highest BCUT2D eigenvalue weighted by atomic mass is 16.5. The molecule has 3 aromatic rings. The van der Waals surface area contributed by atoms with E-state index < -0.39 is 0 Å². The molecule has 6 nitrogen and oxygen atoms in total. The standard InChI is InChI=1S/C23H25N3O3/c1-28-20-11-18-19(12-21(20)29-2)24-22-10-16-8-9-17(14-26(22)23(18)27)25(16)13-15-6-4-3-5-7-15/h3-7,11-12,16-17H,8-10,13-14H2,1-2H3/t16-,17+/m0/s1. The molecule has 0 saturated carbocycles. The van der Waals surface area contributed by atoms with Gasteiger partial charge in [-0.3, -0.25) is 14.3 Å². The number of ether oxygens (including phenoxy) is 2. The maximum absolute atomic E-state index is 13.3. The summed E-state index contributed by atoms with van der Waals surface area (Å²) >= 11 is 0. The third-order valence-electron chi connectivity index (χ3n) is 6.33. The summed E-state index contributed by atoms with van der Waals surface area (Å²) in [5.41, 5.74) is 2.00. The third kappa shape index (κ3) is 3.08. The number of hydrogen-bond donors (Lipinski definition) is 0. The highest BCUT2D eigenvalue weighted by Crippen LogP contribution is 2.34. The van der Waals surface area contributed by atoms with E-state index in [2.05, 4.69) is 29.2 Å². The van der Waals surface area contributed by atoms with Crippen molar-refractivity contribution in [1.29, 1.82) is 0 Å². The van der Waals surface area contributed by atoms with Crippen molar-refractivity contribution in [3.05, 3.63) is 64.2 Å². The van der Waals surface area contributed by atoms with Gasteiger partial charge in [-0.2, -0.15) is 0 Å². The van der Waals surface area contributed by atoms with Gasteiger partial charge in [0.25, 0.3) is 5.56 Å². The zero-order valence-corrected chi connectivity index (χ0v) is 16.8. The van der Waals surface area contributed by atoms with E-state index in [4.69, 9.17) is 14.5 Å². The van der Waals surface area contributed by atoms with Crippen molar-refractivity contribution >= 4 is 10.9 Å². The molecule has 29 heavy (non-hydrogen) atoms. The monoisotopic (exact) mass is 391 g/mol. The Balaban J connectivity index is 1.56. The first-order valence-corrected chi connectivity index (χ1v) is 10.1. The predicted octanol–water partition coefficient (Wildman–Crippen LogP) is 3.00. The number of fused-ring (bicyclic) bond motifs is 4. The van der Waals surface area contributed by atoms with Crippen LogP contribution < -0.4 is 15.0 Å². The summed E-state index contributed by atoms with van der Waals surface area (Å²) in [6.07, 6.45) is 3.06. The molecule has 2 aliphatic rings. The molecule has 1 aromatic heterocycles. The average molecular weight is 391 g/mol. The molecule has 3 heterocycles. The zero-order valence-electron chi connectivity index (χ0n) is 16.8. The zero-order chi connectivity index (χ0) is 20.0. The van der Waals surface area contributed by atoms with Crippen LogP contribution in [0.1, 0.15) is 24.2 Å². The molecule has 6 heteroatoms. The van der Waals surface area contributed by atoms with E-state index in [9.17, 15) is 4.79 Å². The van der Waals surface area contributed by atoms with Gasteiger partial charge in [0.1, 0.15) is 5.82 Å². The fourth-order valence-electron chi connectivity index (χ4n) is 4.84. The summed E-state index contributed by atoms with van der Waals surface area (Å²) in [7, 11) is 3.18.